The summed E-state index contributed by atoms with van der Waals surface area (Å²) in [6, 6.07) is 16.0. The van der Waals surface area contributed by atoms with Gasteiger partial charge in [-0.15, -0.1) is 11.3 Å². The highest BCUT2D eigenvalue weighted by atomic mass is 35.5. The van der Waals surface area contributed by atoms with Gasteiger partial charge in [0.05, 0.1) is 16.3 Å². The van der Waals surface area contributed by atoms with E-state index in [0.29, 0.717) is 6.54 Å². The molecule has 0 aliphatic carbocycles. The third-order valence-electron chi connectivity index (χ3n) is 4.66. The van der Waals surface area contributed by atoms with Crippen molar-refractivity contribution < 1.29 is 10.1 Å². The van der Waals surface area contributed by atoms with Crippen molar-refractivity contribution in [1.29, 1.82) is 0 Å². The van der Waals surface area contributed by atoms with Gasteiger partial charge in [0.2, 0.25) is 0 Å². The summed E-state index contributed by atoms with van der Waals surface area (Å²) in [7, 11) is 1.84. The van der Waals surface area contributed by atoms with Crippen LogP contribution in [0.1, 0.15) is 36.5 Å². The number of thiazole rings is 1. The number of para-hydroxylation sites is 1. The Hall–Kier alpha value is -1.95. The van der Waals surface area contributed by atoms with E-state index in [1.54, 1.807) is 16.2 Å². The van der Waals surface area contributed by atoms with E-state index in [1.807, 2.05) is 61.8 Å². The molecule has 0 bridgehead atoms. The van der Waals surface area contributed by atoms with E-state index in [9.17, 15) is 4.79 Å². The molecule has 0 saturated heterocycles. The van der Waals surface area contributed by atoms with Gasteiger partial charge in [-0.05, 0) is 38.1 Å². The lowest BCUT2D eigenvalue weighted by Crippen LogP contribution is -2.87. The van der Waals surface area contributed by atoms with Crippen molar-refractivity contribution in [2.24, 2.45) is 0 Å². The molecule has 26 heavy (non-hydrogen) atoms. The van der Waals surface area contributed by atoms with E-state index in [2.05, 4.69) is 18.0 Å². The monoisotopic (exact) mass is 388 g/mol. The number of nitrogens with zero attached hydrogens (tertiary/aromatic N) is 2. The minimum atomic E-state index is -0.0465. The highest BCUT2D eigenvalue weighted by Crippen LogP contribution is 2.28. The maximum absolute atomic E-state index is 12.6. The molecule has 136 valence electrons. The molecule has 0 radical (unpaired) electrons. The second-order valence-electron chi connectivity index (χ2n) is 6.48. The lowest BCUT2D eigenvalue weighted by atomic mass is 10.1. The van der Waals surface area contributed by atoms with Crippen LogP contribution in [0.25, 0.3) is 10.2 Å². The minimum Gasteiger partial charge on any atom is -0.333 e. The fourth-order valence-corrected chi connectivity index (χ4v) is 4.06. The first-order valence-corrected chi connectivity index (χ1v) is 9.85. The Bertz CT molecular complexity index is 878. The van der Waals surface area contributed by atoms with Crippen molar-refractivity contribution in [1.82, 2.24) is 9.88 Å². The fraction of sp³-hybridized carbons (Fsp3) is 0.300. The molecule has 2 aromatic carbocycles. The van der Waals surface area contributed by atoms with Gasteiger partial charge in [0.15, 0.2) is 6.54 Å². The molecule has 3 rings (SSSR count). The van der Waals surface area contributed by atoms with Gasteiger partial charge in [0, 0.05) is 17.6 Å². The maximum Gasteiger partial charge on any atom is 0.278 e. The quantitative estimate of drug-likeness (QED) is 0.698. The number of benzene rings is 2. The first-order chi connectivity index (χ1) is 12.5. The highest BCUT2D eigenvalue weighted by molar-refractivity contribution is 7.18. The van der Waals surface area contributed by atoms with Crippen LogP contribution in [0, 0.1) is 0 Å². The molecule has 1 amide bonds. The van der Waals surface area contributed by atoms with Crippen LogP contribution in [0.3, 0.4) is 0 Å². The summed E-state index contributed by atoms with van der Waals surface area (Å²) >= 11 is 7.69. The van der Waals surface area contributed by atoms with Gasteiger partial charge in [-0.3, -0.25) is 4.79 Å². The first kappa shape index (κ1) is 18.8. The van der Waals surface area contributed by atoms with Gasteiger partial charge in [0.1, 0.15) is 11.0 Å². The second-order valence-corrected chi connectivity index (χ2v) is 7.98. The van der Waals surface area contributed by atoms with Crippen LogP contribution in [-0.4, -0.2) is 29.4 Å². The Kier molecular flexibility index (Phi) is 5.91. The number of halogens is 1. The summed E-state index contributed by atoms with van der Waals surface area (Å²) in [4.78, 5) is 19.1. The van der Waals surface area contributed by atoms with Crippen molar-refractivity contribution in [3.05, 3.63) is 64.1 Å². The Morgan fingerprint density at radius 3 is 2.73 bits per heavy atom. The number of aromatic nitrogens is 1. The largest absolute Gasteiger partial charge is 0.333 e. The number of rotatable bonds is 6. The Labute approximate surface area is 162 Å². The van der Waals surface area contributed by atoms with Crippen molar-refractivity contribution in [2.45, 2.75) is 25.9 Å². The molecule has 0 spiro atoms. The minimum absolute atomic E-state index is 0.0465. The van der Waals surface area contributed by atoms with E-state index >= 15 is 0 Å². The predicted molar refractivity (Wildman–Crippen MR) is 107 cm³/mol. The average Bonchev–Trinajstić information content (AvgIpc) is 3.08. The van der Waals surface area contributed by atoms with Gasteiger partial charge in [-0.25, -0.2) is 4.98 Å². The molecule has 4 nitrogen and oxygen atoms in total. The summed E-state index contributed by atoms with van der Waals surface area (Å²) in [5.74, 6) is 0.0886. The number of hydrogen-bond donors (Lipinski definition) is 1. The van der Waals surface area contributed by atoms with Gasteiger partial charge < -0.3 is 10.2 Å². The molecular weight excluding hydrogens is 366 g/mol. The average molecular weight is 389 g/mol. The second kappa shape index (κ2) is 8.16. The van der Waals surface area contributed by atoms with Crippen molar-refractivity contribution >= 4 is 39.1 Å². The molecule has 2 atom stereocenters. The molecule has 1 aromatic heterocycles. The van der Waals surface area contributed by atoms with Crippen LogP contribution >= 0.6 is 22.9 Å². The van der Waals surface area contributed by atoms with Crippen LogP contribution in [0.5, 0.6) is 0 Å². The smallest absolute Gasteiger partial charge is 0.278 e. The van der Waals surface area contributed by atoms with E-state index in [-0.39, 0.29) is 18.0 Å². The molecular formula is C20H23ClN3OS+. The number of carbonyl (C=O) groups is 1. The number of amides is 1. The number of quaternary nitrogens is 1. The van der Waals surface area contributed by atoms with E-state index in [4.69, 9.17) is 11.6 Å². The molecule has 0 aliphatic heterocycles. The number of hydrogen-bond acceptors (Lipinski definition) is 3. The summed E-state index contributed by atoms with van der Waals surface area (Å²) < 4.78 is 1.15. The zero-order valence-electron chi connectivity index (χ0n) is 15.1. The summed E-state index contributed by atoms with van der Waals surface area (Å²) in [6.45, 7) is 4.49. The molecule has 0 aliphatic rings. The topological polar surface area (TPSA) is 49.8 Å². The summed E-state index contributed by atoms with van der Waals surface area (Å²) in [6.07, 6.45) is 0. The van der Waals surface area contributed by atoms with E-state index in [1.165, 1.54) is 0 Å². The Balaban J connectivity index is 1.61. The zero-order valence-corrected chi connectivity index (χ0v) is 16.7. The van der Waals surface area contributed by atoms with Crippen LogP contribution in [0.15, 0.2) is 48.5 Å². The van der Waals surface area contributed by atoms with Gasteiger partial charge in [-0.2, -0.15) is 0 Å². The van der Waals surface area contributed by atoms with Crippen LogP contribution in [0.2, 0.25) is 5.02 Å². The molecule has 3 aromatic rings. The Morgan fingerprint density at radius 2 is 2.00 bits per heavy atom. The molecule has 1 heterocycles. The summed E-state index contributed by atoms with van der Waals surface area (Å²) in [5.41, 5.74) is 2.11. The zero-order chi connectivity index (χ0) is 18.7. The molecule has 0 saturated carbocycles. The van der Waals surface area contributed by atoms with Gasteiger partial charge in [-0.1, -0.05) is 35.9 Å². The fourth-order valence-electron chi connectivity index (χ4n) is 2.80. The van der Waals surface area contributed by atoms with Crippen molar-refractivity contribution in [2.75, 3.05) is 13.6 Å². The lowest BCUT2D eigenvalue weighted by molar-refractivity contribution is -0.683. The summed E-state index contributed by atoms with van der Waals surface area (Å²) in [5, 5.41) is 3.72. The third kappa shape index (κ3) is 4.23. The van der Waals surface area contributed by atoms with Crippen LogP contribution in [0.4, 0.5) is 0 Å². The number of likely N-dealkylation sites (N-methyl/N-ethyl adjacent to an activating group) is 1. The number of fused-ring (bicyclic) bond motifs is 1. The third-order valence-corrected chi connectivity index (χ3v) is 6.10. The van der Waals surface area contributed by atoms with Crippen LogP contribution in [-0.2, 0) is 4.79 Å². The first-order valence-electron chi connectivity index (χ1n) is 8.65. The predicted octanol–water partition coefficient (Wildman–Crippen LogP) is 3.79. The maximum atomic E-state index is 12.6. The molecule has 2 N–H and O–H groups in total. The molecule has 0 unspecified atom stereocenters. The number of nitrogens with two attached hydrogens (primary N) is 1. The molecule has 6 heteroatoms. The van der Waals surface area contributed by atoms with E-state index < -0.39 is 0 Å². The van der Waals surface area contributed by atoms with Crippen molar-refractivity contribution in [3.63, 3.8) is 0 Å². The normalized spacial score (nSPS) is 13.5. The van der Waals surface area contributed by atoms with Crippen LogP contribution < -0.4 is 5.32 Å². The van der Waals surface area contributed by atoms with E-state index in [0.717, 1.165) is 25.8 Å². The van der Waals surface area contributed by atoms with Gasteiger partial charge >= 0.3 is 0 Å². The van der Waals surface area contributed by atoms with Gasteiger partial charge in [0.25, 0.3) is 5.91 Å². The molecule has 0 fully saturated rings. The highest BCUT2D eigenvalue weighted by Gasteiger charge is 2.22. The Morgan fingerprint density at radius 1 is 1.23 bits per heavy atom. The number of carbonyl (C=O) groups excluding carboxylic acids is 1. The lowest BCUT2D eigenvalue weighted by Gasteiger charge is -2.23. The SMILES string of the molecule is C[C@H](c1nc2ccccc2s1)N(C)C(=O)C[NH2+][C@H](C)c1cccc(Cl)c1. The standard InChI is InChI=1S/C20H22ClN3OS/c1-13(15-7-6-8-16(21)11-15)22-12-19(25)24(3)14(2)20-23-17-9-4-5-10-18(17)26-20/h4-11,13-14,22H,12H2,1-3H3/p+1/t13-,14-/m1/s1. The van der Waals surface area contributed by atoms with Crippen molar-refractivity contribution in [3.8, 4) is 0 Å².